The number of aromatic nitrogens is 3. The molecule has 0 saturated carbocycles. The van der Waals surface area contributed by atoms with Crippen molar-refractivity contribution >= 4 is 34.1 Å². The number of nitrogens with zero attached hydrogens (tertiary/aromatic N) is 5. The van der Waals surface area contributed by atoms with Crippen LogP contribution in [0.2, 0.25) is 5.15 Å². The molecule has 1 fully saturated rings. The average Bonchev–Trinajstić information content (AvgIpc) is 2.63. The summed E-state index contributed by atoms with van der Waals surface area (Å²) in [6.07, 6.45) is 3.55. The molecule has 116 valence electrons. The van der Waals surface area contributed by atoms with Crippen LogP contribution in [0.4, 0.5) is 11.8 Å². The maximum absolute atomic E-state index is 6.34. The molecule has 0 spiro atoms. The summed E-state index contributed by atoms with van der Waals surface area (Å²) in [4.78, 5) is 17.6. The zero-order valence-electron chi connectivity index (χ0n) is 12.6. The Bertz CT molecular complexity index is 816. The lowest BCUT2D eigenvalue weighted by atomic mass is 10.1. The molecule has 0 amide bonds. The Hall–Kier alpha value is -2.40. The van der Waals surface area contributed by atoms with E-state index in [1.807, 2.05) is 24.3 Å². The second kappa shape index (κ2) is 6.01. The van der Waals surface area contributed by atoms with Crippen molar-refractivity contribution in [1.29, 1.82) is 0 Å². The molecule has 3 aromatic rings. The second-order valence-corrected chi connectivity index (χ2v) is 5.87. The van der Waals surface area contributed by atoms with E-state index in [1.165, 1.54) is 0 Å². The van der Waals surface area contributed by atoms with E-state index in [9.17, 15) is 0 Å². The lowest BCUT2D eigenvalue weighted by Crippen LogP contribution is -2.47. The van der Waals surface area contributed by atoms with E-state index in [0.29, 0.717) is 5.15 Å². The van der Waals surface area contributed by atoms with Crippen LogP contribution in [0.25, 0.3) is 10.8 Å². The molecule has 0 radical (unpaired) electrons. The highest BCUT2D eigenvalue weighted by atomic mass is 35.5. The molecule has 0 bridgehead atoms. The van der Waals surface area contributed by atoms with Gasteiger partial charge in [0.15, 0.2) is 0 Å². The highest BCUT2D eigenvalue weighted by molar-refractivity contribution is 6.34. The minimum atomic E-state index is 0.562. The van der Waals surface area contributed by atoms with Crippen LogP contribution in [-0.4, -0.2) is 41.1 Å². The molecule has 1 saturated heterocycles. The van der Waals surface area contributed by atoms with Crippen LogP contribution in [0, 0.1) is 0 Å². The van der Waals surface area contributed by atoms with Crippen LogP contribution in [-0.2, 0) is 0 Å². The molecule has 0 N–H and O–H groups in total. The van der Waals surface area contributed by atoms with Crippen LogP contribution < -0.4 is 9.80 Å². The molecule has 6 heteroatoms. The van der Waals surface area contributed by atoms with E-state index in [1.54, 1.807) is 12.4 Å². The third-order valence-corrected chi connectivity index (χ3v) is 4.41. The molecular formula is C17H16ClN5. The topological polar surface area (TPSA) is 45.2 Å². The predicted molar refractivity (Wildman–Crippen MR) is 93.2 cm³/mol. The van der Waals surface area contributed by atoms with Gasteiger partial charge in [0.25, 0.3) is 0 Å². The molecule has 3 heterocycles. The first-order valence-corrected chi connectivity index (χ1v) is 8.01. The lowest BCUT2D eigenvalue weighted by Gasteiger charge is -2.35. The number of hydrogen-bond donors (Lipinski definition) is 0. The summed E-state index contributed by atoms with van der Waals surface area (Å²) in [5, 5.41) is 2.68. The normalized spacial score (nSPS) is 15.2. The van der Waals surface area contributed by atoms with Crippen LogP contribution in [0.15, 0.2) is 48.8 Å². The van der Waals surface area contributed by atoms with Crippen molar-refractivity contribution in [3.05, 3.63) is 53.9 Å². The van der Waals surface area contributed by atoms with Gasteiger partial charge in [-0.1, -0.05) is 35.9 Å². The first-order chi connectivity index (χ1) is 11.3. The molecule has 2 aromatic heterocycles. The van der Waals surface area contributed by atoms with E-state index >= 15 is 0 Å². The lowest BCUT2D eigenvalue weighted by molar-refractivity contribution is 0.635. The molecule has 23 heavy (non-hydrogen) atoms. The van der Waals surface area contributed by atoms with Crippen molar-refractivity contribution in [1.82, 2.24) is 15.0 Å². The Labute approximate surface area is 139 Å². The van der Waals surface area contributed by atoms with Crippen LogP contribution in [0.5, 0.6) is 0 Å². The van der Waals surface area contributed by atoms with Gasteiger partial charge in [0.2, 0.25) is 5.95 Å². The Morgan fingerprint density at radius 1 is 0.870 bits per heavy atom. The molecule has 5 nitrogen and oxygen atoms in total. The standard InChI is InChI=1S/C17H16ClN5/c18-16-14-5-2-1-4-13(14)12-15(21-16)22-8-10-23(11-9-22)17-19-6-3-7-20-17/h1-7,12H,8-11H2. The SMILES string of the molecule is Clc1nc(N2CCN(c3ncccn3)CC2)cc2ccccc12. The fourth-order valence-electron chi connectivity index (χ4n) is 2.89. The molecular weight excluding hydrogens is 310 g/mol. The molecule has 1 aliphatic heterocycles. The quantitative estimate of drug-likeness (QED) is 0.678. The van der Waals surface area contributed by atoms with E-state index < -0.39 is 0 Å². The Morgan fingerprint density at radius 2 is 1.57 bits per heavy atom. The van der Waals surface area contributed by atoms with Gasteiger partial charge in [-0.05, 0) is 17.5 Å². The minimum Gasteiger partial charge on any atom is -0.353 e. The third-order valence-electron chi connectivity index (χ3n) is 4.12. The average molecular weight is 326 g/mol. The largest absolute Gasteiger partial charge is 0.353 e. The van der Waals surface area contributed by atoms with Gasteiger partial charge >= 0.3 is 0 Å². The van der Waals surface area contributed by atoms with Crippen LogP contribution in [0.1, 0.15) is 0 Å². The van der Waals surface area contributed by atoms with Gasteiger partial charge in [0.05, 0.1) is 0 Å². The maximum atomic E-state index is 6.34. The summed E-state index contributed by atoms with van der Waals surface area (Å²) in [5.74, 6) is 1.72. The van der Waals surface area contributed by atoms with Crippen LogP contribution >= 0.6 is 11.6 Å². The zero-order chi connectivity index (χ0) is 15.6. The number of benzene rings is 1. The van der Waals surface area contributed by atoms with Crippen LogP contribution in [0.3, 0.4) is 0 Å². The second-order valence-electron chi connectivity index (χ2n) is 5.52. The molecule has 1 aliphatic rings. The molecule has 0 atom stereocenters. The summed E-state index contributed by atoms with van der Waals surface area (Å²) < 4.78 is 0. The smallest absolute Gasteiger partial charge is 0.225 e. The monoisotopic (exact) mass is 325 g/mol. The highest BCUT2D eigenvalue weighted by Gasteiger charge is 2.20. The zero-order valence-corrected chi connectivity index (χ0v) is 13.3. The molecule has 0 aliphatic carbocycles. The minimum absolute atomic E-state index is 0.562. The maximum Gasteiger partial charge on any atom is 0.225 e. The van der Waals surface area contributed by atoms with Crippen molar-refractivity contribution in [2.24, 2.45) is 0 Å². The summed E-state index contributed by atoms with van der Waals surface area (Å²) >= 11 is 6.34. The van der Waals surface area contributed by atoms with Gasteiger partial charge in [-0.3, -0.25) is 0 Å². The fraction of sp³-hybridized carbons (Fsp3) is 0.235. The van der Waals surface area contributed by atoms with Gasteiger partial charge in [-0.2, -0.15) is 0 Å². The molecule has 0 unspecified atom stereocenters. The fourth-order valence-corrected chi connectivity index (χ4v) is 3.15. The number of piperazine rings is 1. The first-order valence-electron chi connectivity index (χ1n) is 7.63. The number of anilines is 2. The number of rotatable bonds is 2. The van der Waals surface area contributed by atoms with Gasteiger partial charge < -0.3 is 9.80 Å². The Kier molecular flexibility index (Phi) is 3.71. The van der Waals surface area contributed by atoms with Crippen molar-refractivity contribution in [2.75, 3.05) is 36.0 Å². The van der Waals surface area contributed by atoms with E-state index in [-0.39, 0.29) is 0 Å². The summed E-state index contributed by atoms with van der Waals surface area (Å²) in [6.45, 7) is 3.49. The van der Waals surface area contributed by atoms with Crippen molar-refractivity contribution in [3.63, 3.8) is 0 Å². The number of fused-ring (bicyclic) bond motifs is 1. The molecule has 4 rings (SSSR count). The van der Waals surface area contributed by atoms with E-state index in [4.69, 9.17) is 11.6 Å². The summed E-state index contributed by atoms with van der Waals surface area (Å²) in [7, 11) is 0. The molecule has 1 aromatic carbocycles. The van der Waals surface area contributed by atoms with E-state index in [2.05, 4.69) is 36.9 Å². The highest BCUT2D eigenvalue weighted by Crippen LogP contribution is 2.27. The first kappa shape index (κ1) is 14.2. The number of pyridine rings is 1. The Balaban J connectivity index is 1.54. The van der Waals surface area contributed by atoms with Gasteiger partial charge in [-0.25, -0.2) is 15.0 Å². The van der Waals surface area contributed by atoms with Crippen molar-refractivity contribution in [2.45, 2.75) is 0 Å². The summed E-state index contributed by atoms with van der Waals surface area (Å²) in [6, 6.07) is 12.0. The van der Waals surface area contributed by atoms with E-state index in [0.717, 1.165) is 48.7 Å². The third kappa shape index (κ3) is 2.80. The van der Waals surface area contributed by atoms with Crippen molar-refractivity contribution in [3.8, 4) is 0 Å². The number of hydrogen-bond acceptors (Lipinski definition) is 5. The van der Waals surface area contributed by atoms with Crippen molar-refractivity contribution < 1.29 is 0 Å². The Morgan fingerprint density at radius 3 is 2.35 bits per heavy atom. The summed E-state index contributed by atoms with van der Waals surface area (Å²) in [5.41, 5.74) is 0. The van der Waals surface area contributed by atoms with Gasteiger partial charge in [-0.15, -0.1) is 0 Å². The number of halogens is 1. The van der Waals surface area contributed by atoms with Gasteiger partial charge in [0.1, 0.15) is 11.0 Å². The van der Waals surface area contributed by atoms with Gasteiger partial charge in [0, 0.05) is 44.0 Å². The predicted octanol–water partition coefficient (Wildman–Crippen LogP) is 3.00.